The Morgan fingerprint density at radius 3 is 1.36 bits per heavy atom. The SMILES string of the molecule is CC(=O)Nc1ccc([Se][Se]c2ccc(NC(C)=O)c(C(=O)O)c2)cc1C(=O)O. The van der Waals surface area contributed by atoms with Crippen LogP contribution in [0.3, 0.4) is 0 Å². The average Bonchev–Trinajstić information content (AvgIpc) is 2.60. The quantitative estimate of drug-likeness (QED) is 0.393. The van der Waals surface area contributed by atoms with Gasteiger partial charge >= 0.3 is 172 Å². The number of carboxylic acid groups (broad SMARTS) is 2. The van der Waals surface area contributed by atoms with Crippen LogP contribution in [-0.2, 0) is 9.59 Å². The predicted octanol–water partition coefficient (Wildman–Crippen LogP) is 0.274. The number of nitrogens with one attached hydrogen (secondary N) is 2. The van der Waals surface area contributed by atoms with Crippen molar-refractivity contribution in [2.24, 2.45) is 0 Å². The second kappa shape index (κ2) is 9.52. The van der Waals surface area contributed by atoms with Crippen molar-refractivity contribution in [3.63, 3.8) is 0 Å². The summed E-state index contributed by atoms with van der Waals surface area (Å²) in [7, 11) is 0. The third kappa shape index (κ3) is 5.93. The van der Waals surface area contributed by atoms with Crippen LogP contribution >= 0.6 is 0 Å². The van der Waals surface area contributed by atoms with Crippen molar-refractivity contribution >= 4 is 70.3 Å². The number of aromatic carboxylic acids is 2. The Bertz CT molecular complexity index is 884. The van der Waals surface area contributed by atoms with E-state index in [0.717, 1.165) is 8.92 Å². The molecule has 146 valence electrons. The summed E-state index contributed by atoms with van der Waals surface area (Å²) < 4.78 is 1.64. The summed E-state index contributed by atoms with van der Waals surface area (Å²) >= 11 is -0.200. The number of rotatable bonds is 7. The van der Waals surface area contributed by atoms with E-state index in [2.05, 4.69) is 10.6 Å². The molecule has 0 bridgehead atoms. The van der Waals surface area contributed by atoms with Crippen LogP contribution in [0.1, 0.15) is 34.6 Å². The van der Waals surface area contributed by atoms with Gasteiger partial charge in [-0.25, -0.2) is 0 Å². The normalized spacial score (nSPS) is 10.2. The zero-order valence-electron chi connectivity index (χ0n) is 14.8. The Morgan fingerprint density at radius 1 is 0.714 bits per heavy atom. The van der Waals surface area contributed by atoms with Crippen LogP contribution in [0.2, 0.25) is 0 Å². The molecule has 28 heavy (non-hydrogen) atoms. The second-order valence-electron chi connectivity index (χ2n) is 5.55. The summed E-state index contributed by atoms with van der Waals surface area (Å²) in [5.74, 6) is -2.99. The molecule has 0 aliphatic carbocycles. The first kappa shape index (κ1) is 21.7. The van der Waals surface area contributed by atoms with Crippen LogP contribution in [0.4, 0.5) is 11.4 Å². The topological polar surface area (TPSA) is 133 Å². The summed E-state index contributed by atoms with van der Waals surface area (Å²) in [5.41, 5.74) is 0.495. The van der Waals surface area contributed by atoms with Crippen molar-refractivity contribution in [2.75, 3.05) is 10.6 Å². The molecule has 0 atom stereocenters. The molecule has 0 aliphatic heterocycles. The summed E-state index contributed by atoms with van der Waals surface area (Å²) in [5, 5.41) is 23.7. The fourth-order valence-electron chi connectivity index (χ4n) is 2.20. The van der Waals surface area contributed by atoms with Gasteiger partial charge in [0, 0.05) is 0 Å². The van der Waals surface area contributed by atoms with E-state index < -0.39 is 11.9 Å². The van der Waals surface area contributed by atoms with Crippen LogP contribution in [-0.4, -0.2) is 60.2 Å². The number of carboxylic acids is 2. The minimum atomic E-state index is -1.14. The third-order valence-electron chi connectivity index (χ3n) is 3.30. The van der Waals surface area contributed by atoms with Gasteiger partial charge in [0.1, 0.15) is 0 Å². The Kier molecular flexibility index (Phi) is 7.37. The van der Waals surface area contributed by atoms with Crippen LogP contribution < -0.4 is 19.6 Å². The van der Waals surface area contributed by atoms with E-state index in [1.807, 2.05) is 0 Å². The minimum absolute atomic E-state index is 0.0117. The predicted molar refractivity (Wildman–Crippen MR) is 106 cm³/mol. The van der Waals surface area contributed by atoms with Gasteiger partial charge in [0.2, 0.25) is 0 Å². The first-order chi connectivity index (χ1) is 13.2. The van der Waals surface area contributed by atoms with E-state index in [-0.39, 0.29) is 60.6 Å². The zero-order valence-corrected chi connectivity index (χ0v) is 18.2. The molecule has 0 radical (unpaired) electrons. The van der Waals surface area contributed by atoms with Crippen molar-refractivity contribution in [1.82, 2.24) is 0 Å². The standard InChI is InChI=1S/C18H16N2O6Se2/c1-9(21)19-15-5-3-11(7-13(15)17(23)24)27-28-12-4-6-16(20-10(2)22)14(8-12)18(25)26/h3-8H,1-2H3,(H,19,21)(H,20,22)(H,23,24)(H,25,26). The van der Waals surface area contributed by atoms with Crippen molar-refractivity contribution in [3.8, 4) is 0 Å². The van der Waals surface area contributed by atoms with Crippen LogP contribution in [0.25, 0.3) is 0 Å². The van der Waals surface area contributed by atoms with Crippen LogP contribution in [0.15, 0.2) is 36.4 Å². The zero-order chi connectivity index (χ0) is 20.8. The van der Waals surface area contributed by atoms with Crippen molar-refractivity contribution in [3.05, 3.63) is 47.5 Å². The number of amides is 2. The molecule has 0 aromatic heterocycles. The first-order valence-corrected chi connectivity index (χ1v) is 13.9. The third-order valence-corrected chi connectivity index (χ3v) is 10.5. The number of anilines is 2. The molecule has 2 aromatic rings. The van der Waals surface area contributed by atoms with E-state index in [1.165, 1.54) is 26.0 Å². The summed E-state index contributed by atoms with van der Waals surface area (Å²) in [6, 6.07) is 9.67. The van der Waals surface area contributed by atoms with Gasteiger partial charge in [-0.1, -0.05) is 0 Å². The Labute approximate surface area is 171 Å². The van der Waals surface area contributed by atoms with Crippen molar-refractivity contribution in [1.29, 1.82) is 0 Å². The molecule has 0 aliphatic rings. The van der Waals surface area contributed by atoms with Crippen molar-refractivity contribution < 1.29 is 29.4 Å². The molecule has 2 rings (SSSR count). The van der Waals surface area contributed by atoms with E-state index in [1.54, 1.807) is 24.3 Å². The molecule has 0 spiro atoms. The number of hydrogen-bond donors (Lipinski definition) is 4. The Morgan fingerprint density at radius 2 is 1.07 bits per heavy atom. The van der Waals surface area contributed by atoms with E-state index in [0.29, 0.717) is 0 Å². The van der Waals surface area contributed by atoms with Gasteiger partial charge in [-0.15, -0.1) is 0 Å². The number of hydrogen-bond acceptors (Lipinski definition) is 4. The summed E-state index contributed by atoms with van der Waals surface area (Å²) in [6.45, 7) is 2.61. The molecular formula is C18H16N2O6Se2. The van der Waals surface area contributed by atoms with Gasteiger partial charge in [-0.3, -0.25) is 0 Å². The molecule has 10 heteroatoms. The van der Waals surface area contributed by atoms with Gasteiger partial charge in [0.05, 0.1) is 0 Å². The molecule has 2 amide bonds. The second-order valence-corrected chi connectivity index (χ2v) is 11.9. The van der Waals surface area contributed by atoms with Gasteiger partial charge in [-0.05, 0) is 0 Å². The molecule has 0 saturated carbocycles. The molecule has 0 fully saturated rings. The fourth-order valence-corrected chi connectivity index (χ4v) is 8.18. The molecular weight excluding hydrogens is 498 g/mol. The number of carbonyl (C=O) groups excluding carboxylic acids is 2. The number of carbonyl (C=O) groups is 4. The maximum absolute atomic E-state index is 11.4. The Hall–Kier alpha value is -2.64. The molecule has 8 nitrogen and oxygen atoms in total. The maximum atomic E-state index is 11.4. The summed E-state index contributed by atoms with van der Waals surface area (Å²) in [4.78, 5) is 45.3. The molecule has 4 N–H and O–H groups in total. The summed E-state index contributed by atoms with van der Waals surface area (Å²) in [6.07, 6.45) is 0. The molecule has 2 aromatic carbocycles. The molecule has 0 saturated heterocycles. The molecule has 0 unspecified atom stereocenters. The first-order valence-electron chi connectivity index (χ1n) is 7.81. The van der Waals surface area contributed by atoms with Gasteiger partial charge in [0.15, 0.2) is 0 Å². The number of benzene rings is 2. The van der Waals surface area contributed by atoms with E-state index >= 15 is 0 Å². The van der Waals surface area contributed by atoms with Crippen molar-refractivity contribution in [2.45, 2.75) is 13.8 Å². The van der Waals surface area contributed by atoms with Gasteiger partial charge in [-0.2, -0.15) is 0 Å². The Balaban J connectivity index is 2.21. The van der Waals surface area contributed by atoms with E-state index in [9.17, 15) is 29.4 Å². The van der Waals surface area contributed by atoms with Gasteiger partial charge < -0.3 is 0 Å². The van der Waals surface area contributed by atoms with E-state index in [4.69, 9.17) is 0 Å². The monoisotopic (exact) mass is 516 g/mol. The van der Waals surface area contributed by atoms with Crippen LogP contribution in [0.5, 0.6) is 0 Å². The average molecular weight is 514 g/mol. The van der Waals surface area contributed by atoms with Gasteiger partial charge in [0.25, 0.3) is 0 Å². The molecule has 0 heterocycles. The van der Waals surface area contributed by atoms with Crippen LogP contribution in [0, 0.1) is 0 Å². The fraction of sp³-hybridized carbons (Fsp3) is 0.111.